The lowest BCUT2D eigenvalue weighted by molar-refractivity contribution is -0.136. The highest BCUT2D eigenvalue weighted by Crippen LogP contribution is 2.21. The van der Waals surface area contributed by atoms with Crippen LogP contribution in [0.1, 0.15) is 19.3 Å². The molecule has 108 valence electrons. The minimum absolute atomic E-state index is 0.0820. The molecule has 3 N–H and O–H groups in total. The second kappa shape index (κ2) is 6.79. The average molecular weight is 277 g/mol. The Kier molecular flexibility index (Phi) is 4.81. The Labute approximate surface area is 117 Å². The number of carboxylic acid groups (broad SMARTS) is 1. The first-order valence-corrected chi connectivity index (χ1v) is 6.77. The number of amides is 2. The van der Waals surface area contributed by atoms with Crippen LogP contribution in [0.2, 0.25) is 0 Å². The number of rotatable bonds is 5. The summed E-state index contributed by atoms with van der Waals surface area (Å²) in [5, 5.41) is 13.6. The van der Waals surface area contributed by atoms with Crippen LogP contribution >= 0.6 is 0 Å². The molecule has 0 unspecified atom stereocenters. The van der Waals surface area contributed by atoms with Crippen molar-refractivity contribution in [2.45, 2.75) is 19.3 Å². The van der Waals surface area contributed by atoms with E-state index < -0.39 is 5.97 Å². The van der Waals surface area contributed by atoms with Crippen LogP contribution < -0.4 is 15.5 Å². The molecule has 1 aromatic carbocycles. The molecule has 0 radical (unpaired) electrons. The fourth-order valence-corrected chi connectivity index (χ4v) is 2.19. The Hall–Kier alpha value is -2.24. The number of carbonyl (C=O) groups excluding carboxylic acids is 1. The Morgan fingerprint density at radius 2 is 1.80 bits per heavy atom. The third kappa shape index (κ3) is 4.15. The van der Waals surface area contributed by atoms with Crippen molar-refractivity contribution in [3.63, 3.8) is 0 Å². The molecular formula is C14H19N3O3. The largest absolute Gasteiger partial charge is 0.481 e. The number of urea groups is 1. The van der Waals surface area contributed by atoms with Crippen LogP contribution in [-0.2, 0) is 4.79 Å². The molecule has 1 aliphatic heterocycles. The molecule has 6 nitrogen and oxygen atoms in total. The third-order valence-electron chi connectivity index (χ3n) is 3.22. The smallest absolute Gasteiger partial charge is 0.319 e. The predicted octanol–water partition coefficient (Wildman–Crippen LogP) is 1.88. The van der Waals surface area contributed by atoms with E-state index in [-0.39, 0.29) is 19.0 Å². The van der Waals surface area contributed by atoms with Gasteiger partial charge in [-0.1, -0.05) is 0 Å². The van der Waals surface area contributed by atoms with Crippen LogP contribution in [0.5, 0.6) is 0 Å². The van der Waals surface area contributed by atoms with Gasteiger partial charge in [0.2, 0.25) is 0 Å². The maximum atomic E-state index is 11.5. The summed E-state index contributed by atoms with van der Waals surface area (Å²) < 4.78 is 0. The second-order valence-corrected chi connectivity index (χ2v) is 4.77. The monoisotopic (exact) mass is 277 g/mol. The van der Waals surface area contributed by atoms with Gasteiger partial charge in [0, 0.05) is 31.0 Å². The number of carboxylic acids is 1. The number of hydrogen-bond donors (Lipinski definition) is 3. The second-order valence-electron chi connectivity index (χ2n) is 4.77. The molecule has 0 saturated carbocycles. The first kappa shape index (κ1) is 14.2. The Balaban J connectivity index is 1.80. The fourth-order valence-electron chi connectivity index (χ4n) is 2.19. The van der Waals surface area contributed by atoms with Gasteiger partial charge < -0.3 is 20.6 Å². The Morgan fingerprint density at radius 3 is 2.40 bits per heavy atom. The minimum Gasteiger partial charge on any atom is -0.481 e. The average Bonchev–Trinajstić information content (AvgIpc) is 2.93. The summed E-state index contributed by atoms with van der Waals surface area (Å²) in [5.41, 5.74) is 1.86. The van der Waals surface area contributed by atoms with Crippen molar-refractivity contribution in [2.75, 3.05) is 29.9 Å². The Morgan fingerprint density at radius 1 is 1.15 bits per heavy atom. The van der Waals surface area contributed by atoms with Crippen LogP contribution in [0, 0.1) is 0 Å². The van der Waals surface area contributed by atoms with Crippen molar-refractivity contribution in [1.29, 1.82) is 0 Å². The number of carbonyl (C=O) groups is 2. The third-order valence-corrected chi connectivity index (χ3v) is 3.22. The van der Waals surface area contributed by atoms with Crippen LogP contribution in [0.15, 0.2) is 24.3 Å². The van der Waals surface area contributed by atoms with E-state index in [1.165, 1.54) is 18.5 Å². The molecule has 0 atom stereocenters. The lowest BCUT2D eigenvalue weighted by atomic mass is 10.2. The van der Waals surface area contributed by atoms with Gasteiger partial charge in [-0.15, -0.1) is 0 Å². The first-order chi connectivity index (χ1) is 9.65. The number of nitrogens with zero attached hydrogens (tertiary/aromatic N) is 1. The van der Waals surface area contributed by atoms with Gasteiger partial charge in [0.15, 0.2) is 0 Å². The molecule has 1 aliphatic rings. The van der Waals surface area contributed by atoms with Crippen molar-refractivity contribution in [3.8, 4) is 0 Å². The molecule has 2 rings (SSSR count). The SMILES string of the molecule is O=C(O)CCNC(=O)Nc1ccc(N2CCCC2)cc1. The number of hydrogen-bond acceptors (Lipinski definition) is 3. The lowest BCUT2D eigenvalue weighted by Gasteiger charge is -2.17. The molecule has 2 amide bonds. The van der Waals surface area contributed by atoms with Gasteiger partial charge in [0.05, 0.1) is 6.42 Å². The van der Waals surface area contributed by atoms with Gasteiger partial charge in [-0.2, -0.15) is 0 Å². The van der Waals surface area contributed by atoms with Crippen LogP contribution in [-0.4, -0.2) is 36.7 Å². The summed E-state index contributed by atoms with van der Waals surface area (Å²) >= 11 is 0. The number of aliphatic carboxylic acids is 1. The van der Waals surface area contributed by atoms with Gasteiger partial charge in [-0.25, -0.2) is 4.79 Å². The summed E-state index contributed by atoms with van der Waals surface area (Å²) in [4.78, 5) is 24.2. The van der Waals surface area contributed by atoms with E-state index >= 15 is 0 Å². The number of nitrogens with one attached hydrogen (secondary N) is 2. The van der Waals surface area contributed by atoms with Crippen molar-refractivity contribution in [3.05, 3.63) is 24.3 Å². The molecule has 1 heterocycles. The quantitative estimate of drug-likeness (QED) is 0.767. The lowest BCUT2D eigenvalue weighted by Crippen LogP contribution is -2.30. The zero-order valence-electron chi connectivity index (χ0n) is 11.3. The number of benzene rings is 1. The highest BCUT2D eigenvalue weighted by atomic mass is 16.4. The summed E-state index contributed by atoms with van der Waals surface area (Å²) in [6.45, 7) is 2.29. The van der Waals surface area contributed by atoms with Crippen LogP contribution in [0.4, 0.5) is 16.2 Å². The zero-order valence-corrected chi connectivity index (χ0v) is 11.3. The summed E-state index contributed by atoms with van der Waals surface area (Å²) in [5.74, 6) is -0.930. The van der Waals surface area contributed by atoms with E-state index in [2.05, 4.69) is 15.5 Å². The van der Waals surface area contributed by atoms with Crippen molar-refractivity contribution >= 4 is 23.4 Å². The predicted molar refractivity (Wildman–Crippen MR) is 77.2 cm³/mol. The normalized spacial score (nSPS) is 14.1. The van der Waals surface area contributed by atoms with Crippen molar-refractivity contribution in [2.24, 2.45) is 0 Å². The fraction of sp³-hybridized carbons (Fsp3) is 0.429. The summed E-state index contributed by atoms with van der Waals surface area (Å²) in [7, 11) is 0. The molecule has 6 heteroatoms. The number of anilines is 2. The summed E-state index contributed by atoms with van der Waals surface area (Å²) in [6, 6.07) is 7.28. The standard InChI is InChI=1S/C14H19N3O3/c18-13(19)7-8-15-14(20)16-11-3-5-12(6-4-11)17-9-1-2-10-17/h3-6H,1-2,7-10H2,(H,18,19)(H2,15,16,20). The van der Waals surface area contributed by atoms with Crippen LogP contribution in [0.25, 0.3) is 0 Å². The van der Waals surface area contributed by atoms with E-state index in [0.717, 1.165) is 13.1 Å². The van der Waals surface area contributed by atoms with Gasteiger partial charge in [0.25, 0.3) is 0 Å². The first-order valence-electron chi connectivity index (χ1n) is 6.77. The topological polar surface area (TPSA) is 81.7 Å². The molecule has 1 fully saturated rings. The highest BCUT2D eigenvalue weighted by molar-refractivity contribution is 5.89. The van der Waals surface area contributed by atoms with Gasteiger partial charge in [-0.05, 0) is 37.1 Å². The van der Waals surface area contributed by atoms with E-state index in [9.17, 15) is 9.59 Å². The van der Waals surface area contributed by atoms with Gasteiger partial charge in [-0.3, -0.25) is 4.79 Å². The maximum Gasteiger partial charge on any atom is 0.319 e. The van der Waals surface area contributed by atoms with E-state index in [0.29, 0.717) is 5.69 Å². The van der Waals surface area contributed by atoms with Crippen molar-refractivity contribution < 1.29 is 14.7 Å². The van der Waals surface area contributed by atoms with Gasteiger partial charge in [0.1, 0.15) is 0 Å². The molecule has 0 aliphatic carbocycles. The molecule has 1 saturated heterocycles. The molecule has 20 heavy (non-hydrogen) atoms. The molecule has 0 aromatic heterocycles. The van der Waals surface area contributed by atoms with Crippen molar-refractivity contribution in [1.82, 2.24) is 5.32 Å². The molecular weight excluding hydrogens is 258 g/mol. The van der Waals surface area contributed by atoms with E-state index in [1.807, 2.05) is 24.3 Å². The van der Waals surface area contributed by atoms with Gasteiger partial charge >= 0.3 is 12.0 Å². The molecule has 0 spiro atoms. The van der Waals surface area contributed by atoms with E-state index in [4.69, 9.17) is 5.11 Å². The Bertz CT molecular complexity index is 467. The molecule has 0 bridgehead atoms. The molecule has 1 aromatic rings. The van der Waals surface area contributed by atoms with Crippen LogP contribution in [0.3, 0.4) is 0 Å². The summed E-state index contributed by atoms with van der Waals surface area (Å²) in [6.07, 6.45) is 2.37. The zero-order chi connectivity index (χ0) is 14.4. The van der Waals surface area contributed by atoms with E-state index in [1.54, 1.807) is 0 Å². The minimum atomic E-state index is -0.930. The highest BCUT2D eigenvalue weighted by Gasteiger charge is 2.12. The maximum absolute atomic E-state index is 11.5.